The highest BCUT2D eigenvalue weighted by Crippen LogP contribution is 2.46. The molecule has 1 aromatic heterocycles. The van der Waals surface area contributed by atoms with E-state index in [0.717, 1.165) is 31.2 Å². The van der Waals surface area contributed by atoms with Crippen molar-refractivity contribution in [3.63, 3.8) is 0 Å². The van der Waals surface area contributed by atoms with Crippen LogP contribution >= 0.6 is 0 Å². The summed E-state index contributed by atoms with van der Waals surface area (Å²) < 4.78 is 22.7. The smallest absolute Gasteiger partial charge is 0.338 e. The molecule has 1 aliphatic carbocycles. The maximum atomic E-state index is 14.8. The van der Waals surface area contributed by atoms with Gasteiger partial charge in [-0.15, -0.1) is 0 Å². The largest absolute Gasteiger partial charge is 0.512 e. The Morgan fingerprint density at radius 2 is 2.06 bits per heavy atom. The zero-order chi connectivity index (χ0) is 26.1. The van der Waals surface area contributed by atoms with Crippen molar-refractivity contribution in [3.8, 4) is 6.07 Å². The third-order valence-corrected chi connectivity index (χ3v) is 7.83. The molecule has 36 heavy (non-hydrogen) atoms. The Balaban J connectivity index is 1.57. The molecule has 0 bridgehead atoms. The molecule has 7 nitrogen and oxygen atoms in total. The SMILES string of the molecule is CCc1nc(CC2=C(O)CC(CCc3ccc(C(C)(C)C#N)c(F)c3)(C3CCCC3)OC2=O)n(C)n1. The Hall–Kier alpha value is -3.21. The molecule has 0 saturated heterocycles. The van der Waals surface area contributed by atoms with Crippen LogP contribution in [0.25, 0.3) is 0 Å². The summed E-state index contributed by atoms with van der Waals surface area (Å²) in [7, 11) is 1.78. The highest BCUT2D eigenvalue weighted by atomic mass is 19.1. The van der Waals surface area contributed by atoms with Crippen molar-refractivity contribution < 1.29 is 19.0 Å². The van der Waals surface area contributed by atoms with Crippen LogP contribution in [0.3, 0.4) is 0 Å². The number of aliphatic hydroxyl groups is 1. The molecule has 192 valence electrons. The number of hydrogen-bond donors (Lipinski definition) is 1. The fourth-order valence-corrected chi connectivity index (χ4v) is 5.56. The van der Waals surface area contributed by atoms with E-state index in [9.17, 15) is 19.6 Å². The van der Waals surface area contributed by atoms with Gasteiger partial charge in [-0.2, -0.15) is 10.4 Å². The second kappa shape index (κ2) is 10.0. The highest BCUT2D eigenvalue weighted by Gasteiger charge is 2.48. The van der Waals surface area contributed by atoms with Gasteiger partial charge in [0.25, 0.3) is 0 Å². The first kappa shape index (κ1) is 25.9. The van der Waals surface area contributed by atoms with Crippen LogP contribution in [0.4, 0.5) is 4.39 Å². The molecule has 2 aromatic rings. The van der Waals surface area contributed by atoms with Crippen LogP contribution in [-0.2, 0) is 41.3 Å². The Kier molecular flexibility index (Phi) is 7.21. The number of nitriles is 1. The molecule has 1 N–H and O–H groups in total. The normalized spacial score (nSPS) is 21.1. The lowest BCUT2D eigenvalue weighted by Crippen LogP contribution is -2.46. The number of rotatable bonds is 8. The fourth-order valence-electron chi connectivity index (χ4n) is 5.56. The van der Waals surface area contributed by atoms with Crippen molar-refractivity contribution in [1.82, 2.24) is 14.8 Å². The summed E-state index contributed by atoms with van der Waals surface area (Å²) in [5.41, 5.74) is -0.366. The average molecular weight is 495 g/mol. The average Bonchev–Trinajstić information content (AvgIpc) is 3.50. The van der Waals surface area contributed by atoms with Gasteiger partial charge >= 0.3 is 5.97 Å². The number of aliphatic hydroxyl groups excluding tert-OH is 1. The fraction of sp³-hybridized carbons (Fsp3) is 0.571. The van der Waals surface area contributed by atoms with Crippen molar-refractivity contribution in [3.05, 3.63) is 58.1 Å². The first-order valence-electron chi connectivity index (χ1n) is 12.8. The number of ether oxygens (including phenoxy) is 1. The van der Waals surface area contributed by atoms with Crippen LogP contribution in [0.5, 0.6) is 0 Å². The molecule has 8 heteroatoms. The van der Waals surface area contributed by atoms with Crippen LogP contribution in [0.15, 0.2) is 29.5 Å². The first-order chi connectivity index (χ1) is 17.1. The summed E-state index contributed by atoms with van der Waals surface area (Å²) in [6.45, 7) is 5.35. The minimum absolute atomic E-state index is 0.0523. The van der Waals surface area contributed by atoms with Crippen LogP contribution in [0.2, 0.25) is 0 Å². The Morgan fingerprint density at radius 1 is 1.33 bits per heavy atom. The van der Waals surface area contributed by atoms with Gasteiger partial charge in [0.15, 0.2) is 5.82 Å². The van der Waals surface area contributed by atoms with Gasteiger partial charge in [-0.25, -0.2) is 14.2 Å². The van der Waals surface area contributed by atoms with E-state index in [2.05, 4.69) is 16.2 Å². The number of hydrogen-bond acceptors (Lipinski definition) is 6. The minimum atomic E-state index is -0.916. The summed E-state index contributed by atoms with van der Waals surface area (Å²) in [5, 5.41) is 24.8. The third-order valence-electron chi connectivity index (χ3n) is 7.83. The lowest BCUT2D eigenvalue weighted by atomic mass is 9.76. The van der Waals surface area contributed by atoms with Crippen molar-refractivity contribution >= 4 is 5.97 Å². The molecule has 1 atom stereocenters. The van der Waals surface area contributed by atoms with Gasteiger partial charge in [0.2, 0.25) is 0 Å². The number of benzene rings is 1. The molecule has 2 aliphatic rings. The molecule has 4 rings (SSSR count). The number of carbonyl (C=O) groups excluding carboxylic acids is 1. The quantitative estimate of drug-likeness (QED) is 0.508. The summed E-state index contributed by atoms with van der Waals surface area (Å²) in [6, 6.07) is 7.13. The number of aryl methyl sites for hydroxylation is 3. The monoisotopic (exact) mass is 494 g/mol. The number of aromatic nitrogens is 3. The molecule has 1 saturated carbocycles. The van der Waals surface area contributed by atoms with Gasteiger partial charge in [-0.05, 0) is 57.1 Å². The molecule has 0 amide bonds. The molecule has 2 heterocycles. The molecule has 1 aromatic carbocycles. The van der Waals surface area contributed by atoms with Gasteiger partial charge in [0, 0.05) is 31.9 Å². The summed E-state index contributed by atoms with van der Waals surface area (Å²) in [6.07, 6.45) is 6.08. The molecule has 0 spiro atoms. The molecular weight excluding hydrogens is 459 g/mol. The van der Waals surface area contributed by atoms with E-state index < -0.39 is 22.8 Å². The Bertz CT molecular complexity index is 1220. The molecule has 0 radical (unpaired) electrons. The topological polar surface area (TPSA) is 101 Å². The molecular formula is C28H35FN4O3. The van der Waals surface area contributed by atoms with Gasteiger partial charge in [0.05, 0.1) is 17.1 Å². The van der Waals surface area contributed by atoms with Crippen molar-refractivity contribution in [2.45, 2.75) is 89.6 Å². The summed E-state index contributed by atoms with van der Waals surface area (Å²) in [4.78, 5) is 17.7. The van der Waals surface area contributed by atoms with E-state index in [1.807, 2.05) is 13.0 Å². The molecule has 1 unspecified atom stereocenters. The number of nitrogens with zero attached hydrogens (tertiary/aromatic N) is 4. The van der Waals surface area contributed by atoms with E-state index in [-0.39, 0.29) is 30.1 Å². The standard InChI is InChI=1S/C28H35FN4O3/c1-5-24-31-25(33(4)32-24)15-20-23(34)16-28(36-26(20)35,19-8-6-7-9-19)13-12-18-10-11-21(22(29)14-18)27(2,3)17-30/h10-11,14,19,34H,5-9,12-13,15-16H2,1-4H3. The molecule has 1 fully saturated rings. The zero-order valence-corrected chi connectivity index (χ0v) is 21.6. The van der Waals surface area contributed by atoms with Crippen LogP contribution in [0.1, 0.15) is 82.1 Å². The van der Waals surface area contributed by atoms with E-state index in [4.69, 9.17) is 4.74 Å². The maximum absolute atomic E-state index is 14.8. The van der Waals surface area contributed by atoms with Crippen LogP contribution < -0.4 is 0 Å². The maximum Gasteiger partial charge on any atom is 0.338 e. The summed E-state index contributed by atoms with van der Waals surface area (Å²) in [5.74, 6) is 0.576. The van der Waals surface area contributed by atoms with E-state index in [1.165, 1.54) is 6.07 Å². The van der Waals surface area contributed by atoms with Crippen molar-refractivity contribution in [1.29, 1.82) is 5.26 Å². The first-order valence-corrected chi connectivity index (χ1v) is 12.8. The minimum Gasteiger partial charge on any atom is -0.512 e. The Morgan fingerprint density at radius 3 is 2.64 bits per heavy atom. The molecule has 1 aliphatic heterocycles. The number of halogens is 1. The van der Waals surface area contributed by atoms with Crippen molar-refractivity contribution in [2.24, 2.45) is 13.0 Å². The van der Waals surface area contributed by atoms with E-state index in [0.29, 0.717) is 36.5 Å². The predicted molar refractivity (Wildman–Crippen MR) is 132 cm³/mol. The van der Waals surface area contributed by atoms with Gasteiger partial charge in [0.1, 0.15) is 23.0 Å². The van der Waals surface area contributed by atoms with Gasteiger partial charge in [-0.3, -0.25) is 4.68 Å². The highest BCUT2D eigenvalue weighted by molar-refractivity contribution is 5.90. The predicted octanol–water partition coefficient (Wildman–Crippen LogP) is 5.18. The van der Waals surface area contributed by atoms with Gasteiger partial charge < -0.3 is 9.84 Å². The Labute approximate surface area is 212 Å². The summed E-state index contributed by atoms with van der Waals surface area (Å²) >= 11 is 0. The van der Waals surface area contributed by atoms with Gasteiger partial charge in [-0.1, -0.05) is 31.9 Å². The lowest BCUT2D eigenvalue weighted by Gasteiger charge is -2.42. The van der Waals surface area contributed by atoms with Crippen LogP contribution in [-0.4, -0.2) is 31.4 Å². The number of carbonyl (C=O) groups is 1. The number of cyclic esters (lactones) is 1. The lowest BCUT2D eigenvalue weighted by molar-refractivity contribution is -0.167. The second-order valence-corrected chi connectivity index (χ2v) is 10.7. The second-order valence-electron chi connectivity index (χ2n) is 10.7. The zero-order valence-electron chi connectivity index (χ0n) is 21.6. The van der Waals surface area contributed by atoms with E-state index in [1.54, 1.807) is 31.6 Å². The third kappa shape index (κ3) is 5.02. The van der Waals surface area contributed by atoms with Crippen LogP contribution in [0, 0.1) is 23.1 Å². The number of esters is 1. The van der Waals surface area contributed by atoms with Crippen molar-refractivity contribution in [2.75, 3.05) is 0 Å². The van der Waals surface area contributed by atoms with E-state index >= 15 is 0 Å².